The Balaban J connectivity index is 2.07. The summed E-state index contributed by atoms with van der Waals surface area (Å²) in [5.41, 5.74) is 3.03. The molecule has 2 aromatic carbocycles. The van der Waals surface area contributed by atoms with Gasteiger partial charge in [-0.1, -0.05) is 57.2 Å². The summed E-state index contributed by atoms with van der Waals surface area (Å²) >= 11 is 0. The van der Waals surface area contributed by atoms with E-state index in [0.29, 0.717) is 5.56 Å². The standard InChI is InChI=1S/C21H24FNO/c1-4-16-8-11-18(12-9-16)21(15(2)3)23-20(24)13-10-17-6-5-7-19(22)14-17/h5-15,21H,4H2,1-3H3,(H,23,24)/b13-10+/t21-/m1/s1. The second-order valence-electron chi connectivity index (χ2n) is 6.21. The molecule has 0 aliphatic carbocycles. The first kappa shape index (κ1) is 17.9. The molecule has 0 unspecified atom stereocenters. The van der Waals surface area contributed by atoms with E-state index >= 15 is 0 Å². The van der Waals surface area contributed by atoms with Crippen LogP contribution in [0.3, 0.4) is 0 Å². The van der Waals surface area contributed by atoms with Gasteiger partial charge in [0.1, 0.15) is 5.82 Å². The number of benzene rings is 2. The minimum atomic E-state index is -0.311. The van der Waals surface area contributed by atoms with Crippen molar-refractivity contribution < 1.29 is 9.18 Å². The van der Waals surface area contributed by atoms with Gasteiger partial charge in [-0.05, 0) is 47.2 Å². The molecule has 2 aromatic rings. The van der Waals surface area contributed by atoms with Crippen molar-refractivity contribution in [1.82, 2.24) is 5.32 Å². The smallest absolute Gasteiger partial charge is 0.244 e. The number of hydrogen-bond acceptors (Lipinski definition) is 1. The van der Waals surface area contributed by atoms with Gasteiger partial charge in [0.25, 0.3) is 0 Å². The third kappa shape index (κ3) is 5.05. The molecular formula is C21H24FNO. The lowest BCUT2D eigenvalue weighted by molar-refractivity contribution is -0.117. The van der Waals surface area contributed by atoms with Crippen LogP contribution in [0.2, 0.25) is 0 Å². The van der Waals surface area contributed by atoms with E-state index in [0.717, 1.165) is 12.0 Å². The molecule has 1 amide bonds. The number of aryl methyl sites for hydroxylation is 1. The zero-order valence-electron chi connectivity index (χ0n) is 14.4. The molecule has 2 nitrogen and oxygen atoms in total. The van der Waals surface area contributed by atoms with Gasteiger partial charge < -0.3 is 5.32 Å². The quantitative estimate of drug-likeness (QED) is 0.751. The summed E-state index contributed by atoms with van der Waals surface area (Å²) in [5, 5.41) is 3.04. The van der Waals surface area contributed by atoms with Crippen LogP contribution in [0.1, 0.15) is 43.5 Å². The molecule has 0 aliphatic heterocycles. The van der Waals surface area contributed by atoms with Crippen LogP contribution in [0, 0.1) is 11.7 Å². The van der Waals surface area contributed by atoms with Crippen LogP contribution in [-0.2, 0) is 11.2 Å². The zero-order chi connectivity index (χ0) is 17.5. The highest BCUT2D eigenvalue weighted by Gasteiger charge is 2.17. The largest absolute Gasteiger partial charge is 0.345 e. The number of hydrogen-bond donors (Lipinski definition) is 1. The lowest BCUT2D eigenvalue weighted by Gasteiger charge is -2.22. The van der Waals surface area contributed by atoms with Gasteiger partial charge in [0, 0.05) is 6.08 Å². The zero-order valence-corrected chi connectivity index (χ0v) is 14.4. The van der Waals surface area contributed by atoms with Gasteiger partial charge in [-0.2, -0.15) is 0 Å². The Morgan fingerprint density at radius 2 is 1.88 bits per heavy atom. The summed E-state index contributed by atoms with van der Waals surface area (Å²) in [6.45, 7) is 6.28. The molecule has 0 radical (unpaired) electrons. The molecule has 3 heteroatoms. The molecule has 0 saturated heterocycles. The first-order valence-electron chi connectivity index (χ1n) is 8.32. The average molecular weight is 325 g/mol. The monoisotopic (exact) mass is 325 g/mol. The fourth-order valence-electron chi connectivity index (χ4n) is 2.58. The molecule has 0 aliphatic rings. The lowest BCUT2D eigenvalue weighted by atomic mass is 9.95. The van der Waals surface area contributed by atoms with E-state index in [1.165, 1.54) is 23.8 Å². The van der Waals surface area contributed by atoms with Gasteiger partial charge in [-0.15, -0.1) is 0 Å². The van der Waals surface area contributed by atoms with Crippen LogP contribution in [0.4, 0.5) is 4.39 Å². The average Bonchev–Trinajstić information content (AvgIpc) is 2.58. The summed E-state index contributed by atoms with van der Waals surface area (Å²) in [6.07, 6.45) is 4.07. The van der Waals surface area contributed by atoms with Crippen molar-refractivity contribution in [3.63, 3.8) is 0 Å². The Morgan fingerprint density at radius 3 is 2.46 bits per heavy atom. The Bertz CT molecular complexity index is 704. The Kier molecular flexibility index (Phi) is 6.30. The van der Waals surface area contributed by atoms with Crippen LogP contribution in [-0.4, -0.2) is 5.91 Å². The number of carbonyl (C=O) groups is 1. The first-order valence-corrected chi connectivity index (χ1v) is 8.32. The molecule has 0 bridgehead atoms. The molecule has 0 fully saturated rings. The third-order valence-corrected chi connectivity index (χ3v) is 3.99. The molecule has 0 spiro atoms. The molecule has 2 rings (SSSR count). The van der Waals surface area contributed by atoms with E-state index in [-0.39, 0.29) is 23.7 Å². The molecule has 1 N–H and O–H groups in total. The second kappa shape index (κ2) is 8.44. The molecular weight excluding hydrogens is 301 g/mol. The second-order valence-corrected chi connectivity index (χ2v) is 6.21. The highest BCUT2D eigenvalue weighted by Crippen LogP contribution is 2.22. The third-order valence-electron chi connectivity index (χ3n) is 3.99. The summed E-state index contributed by atoms with van der Waals surface area (Å²) in [7, 11) is 0. The van der Waals surface area contributed by atoms with E-state index in [2.05, 4.69) is 50.4 Å². The molecule has 24 heavy (non-hydrogen) atoms. The molecule has 1 atom stereocenters. The van der Waals surface area contributed by atoms with E-state index in [1.54, 1.807) is 18.2 Å². The Labute approximate surface area is 143 Å². The fourth-order valence-corrected chi connectivity index (χ4v) is 2.58. The van der Waals surface area contributed by atoms with Crippen LogP contribution < -0.4 is 5.32 Å². The lowest BCUT2D eigenvalue weighted by Crippen LogP contribution is -2.30. The van der Waals surface area contributed by atoms with Crippen LogP contribution in [0.5, 0.6) is 0 Å². The van der Waals surface area contributed by atoms with E-state index in [9.17, 15) is 9.18 Å². The highest BCUT2D eigenvalue weighted by atomic mass is 19.1. The van der Waals surface area contributed by atoms with Crippen molar-refractivity contribution in [2.75, 3.05) is 0 Å². The van der Waals surface area contributed by atoms with Crippen molar-refractivity contribution >= 4 is 12.0 Å². The van der Waals surface area contributed by atoms with E-state index < -0.39 is 0 Å². The van der Waals surface area contributed by atoms with Gasteiger partial charge in [0.15, 0.2) is 0 Å². The molecule has 126 valence electrons. The predicted octanol–water partition coefficient (Wildman–Crippen LogP) is 4.91. The summed E-state index contributed by atoms with van der Waals surface area (Å²) in [6, 6.07) is 14.4. The maximum Gasteiger partial charge on any atom is 0.244 e. The summed E-state index contributed by atoms with van der Waals surface area (Å²) in [5.74, 6) is -0.227. The van der Waals surface area contributed by atoms with Gasteiger partial charge in [-0.3, -0.25) is 4.79 Å². The number of rotatable bonds is 6. The Hall–Kier alpha value is -2.42. The highest BCUT2D eigenvalue weighted by molar-refractivity contribution is 5.92. The van der Waals surface area contributed by atoms with Gasteiger partial charge in [0.2, 0.25) is 5.91 Å². The van der Waals surface area contributed by atoms with Crippen molar-refractivity contribution in [3.05, 3.63) is 77.1 Å². The minimum absolute atomic E-state index is 0.0550. The van der Waals surface area contributed by atoms with Crippen molar-refractivity contribution in [3.8, 4) is 0 Å². The van der Waals surface area contributed by atoms with Crippen molar-refractivity contribution in [1.29, 1.82) is 0 Å². The van der Waals surface area contributed by atoms with E-state index in [4.69, 9.17) is 0 Å². The molecule has 0 saturated carbocycles. The molecule has 0 aromatic heterocycles. The topological polar surface area (TPSA) is 29.1 Å². The summed E-state index contributed by atoms with van der Waals surface area (Å²) < 4.78 is 13.2. The fraction of sp³-hybridized carbons (Fsp3) is 0.286. The van der Waals surface area contributed by atoms with Gasteiger partial charge >= 0.3 is 0 Å². The van der Waals surface area contributed by atoms with Gasteiger partial charge in [-0.25, -0.2) is 4.39 Å². The Morgan fingerprint density at radius 1 is 1.17 bits per heavy atom. The van der Waals surface area contributed by atoms with Crippen molar-refractivity contribution in [2.24, 2.45) is 5.92 Å². The number of halogens is 1. The SMILES string of the molecule is CCc1ccc([C@H](NC(=O)/C=C/c2cccc(F)c2)C(C)C)cc1. The summed E-state index contributed by atoms with van der Waals surface area (Å²) in [4.78, 5) is 12.2. The normalized spacial score (nSPS) is 12.5. The number of amides is 1. The number of carbonyl (C=O) groups excluding carboxylic acids is 1. The molecule has 0 heterocycles. The maximum absolute atomic E-state index is 13.2. The van der Waals surface area contributed by atoms with Crippen molar-refractivity contribution in [2.45, 2.75) is 33.2 Å². The van der Waals surface area contributed by atoms with Crippen LogP contribution in [0.15, 0.2) is 54.6 Å². The van der Waals surface area contributed by atoms with E-state index in [1.807, 2.05) is 0 Å². The minimum Gasteiger partial charge on any atom is -0.345 e. The number of nitrogens with one attached hydrogen (secondary N) is 1. The maximum atomic E-state index is 13.2. The van der Waals surface area contributed by atoms with Gasteiger partial charge in [0.05, 0.1) is 6.04 Å². The first-order chi connectivity index (χ1) is 11.5. The predicted molar refractivity (Wildman–Crippen MR) is 97.0 cm³/mol. The van der Waals surface area contributed by atoms with Crippen LogP contribution in [0.25, 0.3) is 6.08 Å². The van der Waals surface area contributed by atoms with Crippen LogP contribution >= 0.6 is 0 Å².